The van der Waals surface area contributed by atoms with Gasteiger partial charge in [0, 0.05) is 12.3 Å². The first-order valence-electron chi connectivity index (χ1n) is 2.84. The van der Waals surface area contributed by atoms with E-state index in [1.54, 1.807) is 11.8 Å². The average molecular weight is 179 g/mol. The lowest BCUT2D eigenvalue weighted by Crippen LogP contribution is -2.27. The SMILES string of the molecule is CSCCNOC(=O)C(=O)O. The molecule has 11 heavy (non-hydrogen) atoms. The highest BCUT2D eigenvalue weighted by atomic mass is 32.2. The summed E-state index contributed by atoms with van der Waals surface area (Å²) in [6.45, 7) is 0.445. The van der Waals surface area contributed by atoms with Gasteiger partial charge >= 0.3 is 11.9 Å². The van der Waals surface area contributed by atoms with Crippen LogP contribution >= 0.6 is 11.8 Å². The van der Waals surface area contributed by atoms with Crippen molar-refractivity contribution in [1.29, 1.82) is 0 Å². The summed E-state index contributed by atoms with van der Waals surface area (Å²) in [5.41, 5.74) is 2.22. The van der Waals surface area contributed by atoms with E-state index < -0.39 is 11.9 Å². The maximum atomic E-state index is 10.2. The van der Waals surface area contributed by atoms with Crippen molar-refractivity contribution >= 4 is 23.7 Å². The highest BCUT2D eigenvalue weighted by Gasteiger charge is 2.11. The molecule has 2 N–H and O–H groups in total. The lowest BCUT2D eigenvalue weighted by Gasteiger charge is -2.00. The van der Waals surface area contributed by atoms with Crippen LogP contribution in [-0.4, -0.2) is 35.6 Å². The van der Waals surface area contributed by atoms with E-state index in [0.717, 1.165) is 5.75 Å². The zero-order chi connectivity index (χ0) is 8.69. The molecule has 5 nitrogen and oxygen atoms in total. The zero-order valence-corrected chi connectivity index (χ0v) is 6.81. The molecule has 0 aliphatic heterocycles. The lowest BCUT2D eigenvalue weighted by atomic mass is 10.7. The maximum absolute atomic E-state index is 10.2. The Morgan fingerprint density at radius 1 is 1.64 bits per heavy atom. The fraction of sp³-hybridized carbons (Fsp3) is 0.600. The van der Waals surface area contributed by atoms with Crippen LogP contribution in [0.4, 0.5) is 0 Å². The summed E-state index contributed by atoms with van der Waals surface area (Å²) in [6.07, 6.45) is 1.89. The van der Waals surface area contributed by atoms with Crippen molar-refractivity contribution in [3.63, 3.8) is 0 Å². The molecule has 0 saturated heterocycles. The number of carboxylic acids is 1. The van der Waals surface area contributed by atoms with Gasteiger partial charge in [-0.15, -0.1) is 0 Å². The Bertz CT molecular complexity index is 149. The molecule has 0 saturated carbocycles. The highest BCUT2D eigenvalue weighted by Crippen LogP contribution is 1.86. The fourth-order valence-electron chi connectivity index (χ4n) is 0.304. The summed E-state index contributed by atoms with van der Waals surface area (Å²) in [5, 5.41) is 8.02. The van der Waals surface area contributed by atoms with Crippen molar-refractivity contribution in [2.75, 3.05) is 18.6 Å². The standard InChI is InChI=1S/C5H9NO4S/c1-11-3-2-6-10-5(9)4(7)8/h6H,2-3H2,1H3,(H,7,8). The third-order valence-electron chi connectivity index (χ3n) is 0.748. The van der Waals surface area contributed by atoms with Crippen molar-refractivity contribution in [3.05, 3.63) is 0 Å². The van der Waals surface area contributed by atoms with Crippen LogP contribution in [0, 0.1) is 0 Å². The van der Waals surface area contributed by atoms with E-state index in [9.17, 15) is 9.59 Å². The van der Waals surface area contributed by atoms with Crippen LogP contribution in [0.15, 0.2) is 0 Å². The first-order chi connectivity index (χ1) is 5.18. The second-order valence-electron chi connectivity index (χ2n) is 1.58. The van der Waals surface area contributed by atoms with Crippen molar-refractivity contribution in [1.82, 2.24) is 5.48 Å². The molecule has 0 rings (SSSR count). The second kappa shape index (κ2) is 5.99. The molecule has 0 fully saturated rings. The van der Waals surface area contributed by atoms with Crippen LogP contribution in [0.3, 0.4) is 0 Å². The van der Waals surface area contributed by atoms with Gasteiger partial charge in [-0.1, -0.05) is 0 Å². The van der Waals surface area contributed by atoms with E-state index in [2.05, 4.69) is 10.3 Å². The van der Waals surface area contributed by atoms with Crippen molar-refractivity contribution in [2.45, 2.75) is 0 Å². The first-order valence-corrected chi connectivity index (χ1v) is 4.23. The molecule has 0 heterocycles. The van der Waals surface area contributed by atoms with Gasteiger partial charge in [-0.2, -0.15) is 17.2 Å². The van der Waals surface area contributed by atoms with Gasteiger partial charge in [0.1, 0.15) is 0 Å². The first kappa shape index (κ1) is 10.2. The number of hydroxylamine groups is 1. The van der Waals surface area contributed by atoms with Gasteiger partial charge in [0.25, 0.3) is 0 Å². The van der Waals surface area contributed by atoms with Crippen LogP contribution in [0.5, 0.6) is 0 Å². The lowest BCUT2D eigenvalue weighted by molar-refractivity contribution is -0.168. The summed E-state index contributed by atoms with van der Waals surface area (Å²) < 4.78 is 0. The maximum Gasteiger partial charge on any atom is 0.435 e. The molecule has 0 atom stereocenters. The fourth-order valence-corrected chi connectivity index (χ4v) is 0.591. The molecule has 6 heteroatoms. The number of rotatable bonds is 4. The minimum absolute atomic E-state index is 0.445. The normalized spacial score (nSPS) is 9.18. The van der Waals surface area contributed by atoms with Gasteiger partial charge in [-0.25, -0.2) is 9.59 Å². The van der Waals surface area contributed by atoms with Gasteiger partial charge in [-0.3, -0.25) is 0 Å². The van der Waals surface area contributed by atoms with Crippen LogP contribution in [0.1, 0.15) is 0 Å². The quantitative estimate of drug-likeness (QED) is 0.343. The molecule has 0 aromatic rings. The van der Waals surface area contributed by atoms with E-state index >= 15 is 0 Å². The van der Waals surface area contributed by atoms with Crippen LogP contribution < -0.4 is 5.48 Å². The minimum Gasteiger partial charge on any atom is -0.473 e. The summed E-state index contributed by atoms with van der Waals surface area (Å²) in [4.78, 5) is 24.2. The van der Waals surface area contributed by atoms with Crippen LogP contribution in [0.25, 0.3) is 0 Å². The van der Waals surface area contributed by atoms with Gasteiger partial charge < -0.3 is 9.94 Å². The molecule has 0 aromatic carbocycles. The number of carboxylic acid groups (broad SMARTS) is 1. The van der Waals surface area contributed by atoms with Crippen molar-refractivity contribution in [3.8, 4) is 0 Å². The van der Waals surface area contributed by atoms with E-state index in [1.165, 1.54) is 0 Å². The van der Waals surface area contributed by atoms with Gasteiger partial charge in [0.2, 0.25) is 0 Å². The van der Waals surface area contributed by atoms with Gasteiger partial charge in [0.15, 0.2) is 0 Å². The molecule has 0 aromatic heterocycles. The van der Waals surface area contributed by atoms with Crippen LogP contribution in [-0.2, 0) is 14.4 Å². The number of carbonyl (C=O) groups excluding carboxylic acids is 1. The number of thioether (sulfide) groups is 1. The highest BCUT2D eigenvalue weighted by molar-refractivity contribution is 7.98. The molecule has 0 radical (unpaired) electrons. The second-order valence-corrected chi connectivity index (χ2v) is 2.57. The van der Waals surface area contributed by atoms with Gasteiger partial charge in [-0.05, 0) is 6.26 Å². The predicted molar refractivity (Wildman–Crippen MR) is 40.1 cm³/mol. The summed E-state index contributed by atoms with van der Waals surface area (Å²) >= 11 is 1.56. The Kier molecular flexibility index (Phi) is 5.58. The zero-order valence-electron chi connectivity index (χ0n) is 5.99. The number of carbonyl (C=O) groups is 2. The number of hydrogen-bond acceptors (Lipinski definition) is 5. The molecule has 0 unspecified atom stereocenters. The number of aliphatic carboxylic acids is 1. The predicted octanol–water partition coefficient (Wildman–Crippen LogP) is -0.518. The van der Waals surface area contributed by atoms with Gasteiger partial charge in [0.05, 0.1) is 0 Å². The van der Waals surface area contributed by atoms with E-state index in [0.29, 0.717) is 6.54 Å². The van der Waals surface area contributed by atoms with Crippen molar-refractivity contribution < 1.29 is 19.5 Å². The summed E-state index contributed by atoms with van der Waals surface area (Å²) in [6, 6.07) is 0. The smallest absolute Gasteiger partial charge is 0.435 e. The van der Waals surface area contributed by atoms with E-state index in [4.69, 9.17) is 5.11 Å². The Morgan fingerprint density at radius 3 is 2.73 bits per heavy atom. The third-order valence-corrected chi connectivity index (χ3v) is 1.36. The largest absolute Gasteiger partial charge is 0.473 e. The molecular weight excluding hydrogens is 170 g/mol. The Morgan fingerprint density at radius 2 is 2.27 bits per heavy atom. The summed E-state index contributed by atoms with van der Waals surface area (Å²) in [7, 11) is 0. The van der Waals surface area contributed by atoms with E-state index in [1.807, 2.05) is 6.26 Å². The topological polar surface area (TPSA) is 75.6 Å². The van der Waals surface area contributed by atoms with Crippen LogP contribution in [0.2, 0.25) is 0 Å². The molecular formula is C5H9NO4S. The third kappa shape index (κ3) is 5.68. The molecule has 0 spiro atoms. The number of nitrogens with one attached hydrogen (secondary N) is 1. The van der Waals surface area contributed by atoms with E-state index in [-0.39, 0.29) is 0 Å². The molecule has 0 aliphatic rings. The molecule has 0 bridgehead atoms. The van der Waals surface area contributed by atoms with Crippen molar-refractivity contribution in [2.24, 2.45) is 0 Å². The average Bonchev–Trinajstić information content (AvgIpc) is 1.97. The Balaban J connectivity index is 3.25. The molecule has 0 aliphatic carbocycles. The summed E-state index contributed by atoms with van der Waals surface area (Å²) in [5.74, 6) is -2.12. The molecule has 64 valence electrons. The Hall–Kier alpha value is -0.750. The number of hydrogen-bond donors (Lipinski definition) is 2. The monoisotopic (exact) mass is 179 g/mol. The Labute approximate surface area is 68.1 Å². The molecule has 0 amide bonds. The minimum atomic E-state index is -1.60.